The molecule has 1 saturated heterocycles. The van der Waals surface area contributed by atoms with Crippen LogP contribution in [0.4, 0.5) is 14.7 Å². The van der Waals surface area contributed by atoms with Crippen LogP contribution in [-0.4, -0.2) is 51.5 Å². The minimum atomic E-state index is -2.96. The number of carbonyl (C=O) groups excluding carboxylic acids is 1. The predicted octanol–water partition coefficient (Wildman–Crippen LogP) is 3.08. The number of aromatic nitrogens is 4. The highest BCUT2D eigenvalue weighted by Gasteiger charge is 2.23. The van der Waals surface area contributed by atoms with Gasteiger partial charge in [0.25, 0.3) is 0 Å². The smallest absolute Gasteiger partial charge is 0.387 e. The number of alkyl halides is 2. The molecule has 1 amide bonds. The van der Waals surface area contributed by atoms with Gasteiger partial charge in [0.2, 0.25) is 11.9 Å². The Bertz CT molecular complexity index is 1390. The van der Waals surface area contributed by atoms with Crippen LogP contribution in [0.2, 0.25) is 0 Å². The molecule has 9 nitrogen and oxygen atoms in total. The third kappa shape index (κ3) is 4.69. The van der Waals surface area contributed by atoms with Crippen molar-refractivity contribution in [2.45, 2.75) is 26.0 Å². The summed E-state index contributed by atoms with van der Waals surface area (Å²) in [5.41, 5.74) is 10.7. The molecular formula is C25H25F2N7O2. The summed E-state index contributed by atoms with van der Waals surface area (Å²) >= 11 is 0. The number of benzene rings is 1. The molecule has 3 N–H and O–H groups in total. The van der Waals surface area contributed by atoms with Crippen LogP contribution in [0.3, 0.4) is 0 Å². The average Bonchev–Trinajstić information content (AvgIpc) is 3.04. The number of imidazole rings is 1. The Kier molecular flexibility index (Phi) is 6.47. The lowest BCUT2D eigenvalue weighted by molar-refractivity contribution is -0.120. The molecule has 0 bridgehead atoms. The molecule has 186 valence electrons. The second-order valence-corrected chi connectivity index (χ2v) is 8.48. The summed E-state index contributed by atoms with van der Waals surface area (Å²) in [6.45, 7) is 0.626. The minimum Gasteiger partial charge on any atom is -0.434 e. The van der Waals surface area contributed by atoms with E-state index >= 15 is 0 Å². The van der Waals surface area contributed by atoms with Crippen LogP contribution in [0.5, 0.6) is 5.75 Å². The van der Waals surface area contributed by atoms with E-state index in [1.165, 1.54) is 6.07 Å². The molecule has 4 aromatic rings. The molecule has 5 rings (SSSR count). The number of carbonyl (C=O) groups is 1. The van der Waals surface area contributed by atoms with E-state index in [1.54, 1.807) is 30.6 Å². The Hall–Kier alpha value is -4.12. The quantitative estimate of drug-likeness (QED) is 0.425. The molecule has 11 heteroatoms. The molecule has 3 aromatic heterocycles. The number of nitrogens with zero attached hydrogens (tertiary/aromatic N) is 5. The summed E-state index contributed by atoms with van der Waals surface area (Å²) < 4.78 is 32.5. The van der Waals surface area contributed by atoms with Crippen molar-refractivity contribution in [1.29, 1.82) is 0 Å². The maximum atomic E-state index is 13.0. The van der Waals surface area contributed by atoms with Gasteiger partial charge in [-0.2, -0.15) is 8.78 Å². The van der Waals surface area contributed by atoms with Gasteiger partial charge < -0.3 is 25.1 Å². The number of halogens is 2. The van der Waals surface area contributed by atoms with Gasteiger partial charge in [0.1, 0.15) is 11.4 Å². The third-order valence-electron chi connectivity index (χ3n) is 6.17. The lowest BCUT2D eigenvalue weighted by Crippen LogP contribution is -2.29. The summed E-state index contributed by atoms with van der Waals surface area (Å²) in [7, 11) is 0. The number of nitrogens with one attached hydrogen (secondary N) is 1. The lowest BCUT2D eigenvalue weighted by atomic mass is 10.0. The van der Waals surface area contributed by atoms with E-state index < -0.39 is 12.7 Å². The fourth-order valence-electron chi connectivity index (χ4n) is 4.41. The van der Waals surface area contributed by atoms with Crippen molar-refractivity contribution >= 4 is 17.5 Å². The van der Waals surface area contributed by atoms with Crippen LogP contribution in [-0.2, 0) is 4.79 Å². The van der Waals surface area contributed by atoms with Gasteiger partial charge in [-0.1, -0.05) is 18.2 Å². The molecule has 0 radical (unpaired) electrons. The van der Waals surface area contributed by atoms with E-state index in [1.807, 2.05) is 34.6 Å². The number of rotatable bonds is 6. The first-order valence-corrected chi connectivity index (χ1v) is 11.5. The third-order valence-corrected chi connectivity index (χ3v) is 6.17. The predicted molar refractivity (Wildman–Crippen MR) is 130 cm³/mol. The van der Waals surface area contributed by atoms with Gasteiger partial charge in [-0.3, -0.25) is 4.79 Å². The molecular weight excluding hydrogens is 468 g/mol. The lowest BCUT2D eigenvalue weighted by Gasteiger charge is -2.19. The zero-order valence-corrected chi connectivity index (χ0v) is 19.6. The fourth-order valence-corrected chi connectivity index (χ4v) is 4.41. The number of pyridine rings is 1. The SMILES string of the molecule is Cc1nc2ccc(-c3cnc(N4CCNC(=O)CC4)nc3)cn2c1C(N)c1ccccc1OC(F)F. The maximum Gasteiger partial charge on any atom is 0.387 e. The number of fused-ring (bicyclic) bond motifs is 1. The summed E-state index contributed by atoms with van der Waals surface area (Å²) in [5, 5.41) is 2.84. The summed E-state index contributed by atoms with van der Waals surface area (Å²) in [4.78, 5) is 27.2. The summed E-state index contributed by atoms with van der Waals surface area (Å²) in [6.07, 6.45) is 5.75. The van der Waals surface area contributed by atoms with E-state index in [2.05, 4.69) is 20.3 Å². The molecule has 1 aromatic carbocycles. The molecule has 1 aliphatic rings. The van der Waals surface area contributed by atoms with Gasteiger partial charge in [-0.05, 0) is 25.1 Å². The van der Waals surface area contributed by atoms with Crippen molar-refractivity contribution in [3.05, 3.63) is 71.9 Å². The Labute approximate surface area is 205 Å². The zero-order valence-electron chi connectivity index (χ0n) is 19.6. The van der Waals surface area contributed by atoms with Gasteiger partial charge in [0.05, 0.1) is 17.4 Å². The maximum absolute atomic E-state index is 13.0. The average molecular weight is 494 g/mol. The number of amides is 1. The van der Waals surface area contributed by atoms with Crippen molar-refractivity contribution < 1.29 is 18.3 Å². The normalized spacial score (nSPS) is 15.1. The van der Waals surface area contributed by atoms with Gasteiger partial charge in [-0.15, -0.1) is 0 Å². The van der Waals surface area contributed by atoms with E-state index in [9.17, 15) is 13.6 Å². The molecule has 0 aliphatic carbocycles. The van der Waals surface area contributed by atoms with Crippen molar-refractivity contribution in [2.24, 2.45) is 5.73 Å². The van der Waals surface area contributed by atoms with Gasteiger partial charge >= 0.3 is 6.61 Å². The van der Waals surface area contributed by atoms with Crippen LogP contribution in [0, 0.1) is 6.92 Å². The molecule has 1 unspecified atom stereocenters. The molecule has 0 spiro atoms. The molecule has 1 aliphatic heterocycles. The number of hydrogen-bond donors (Lipinski definition) is 2. The summed E-state index contributed by atoms with van der Waals surface area (Å²) in [5.74, 6) is 0.614. The van der Waals surface area contributed by atoms with Gasteiger partial charge in [-0.25, -0.2) is 15.0 Å². The van der Waals surface area contributed by atoms with E-state index in [4.69, 9.17) is 10.5 Å². The summed E-state index contributed by atoms with van der Waals surface area (Å²) in [6, 6.07) is 9.52. The van der Waals surface area contributed by atoms with Crippen LogP contribution in [0.25, 0.3) is 16.8 Å². The molecule has 0 saturated carbocycles. The molecule has 4 heterocycles. The Morgan fingerprint density at radius 3 is 2.64 bits per heavy atom. The second-order valence-electron chi connectivity index (χ2n) is 8.48. The van der Waals surface area contributed by atoms with Crippen LogP contribution in [0.15, 0.2) is 55.0 Å². The number of para-hydroxylation sites is 1. The van der Waals surface area contributed by atoms with Crippen LogP contribution >= 0.6 is 0 Å². The second kappa shape index (κ2) is 9.86. The first-order valence-electron chi connectivity index (χ1n) is 11.5. The molecule has 1 atom stereocenters. The number of ether oxygens (including phenoxy) is 1. The van der Waals surface area contributed by atoms with Crippen LogP contribution < -0.4 is 20.7 Å². The van der Waals surface area contributed by atoms with Gasteiger partial charge in [0, 0.05) is 61.3 Å². The Morgan fingerprint density at radius 1 is 1.08 bits per heavy atom. The highest BCUT2D eigenvalue weighted by atomic mass is 19.3. The van der Waals surface area contributed by atoms with Crippen molar-refractivity contribution in [2.75, 3.05) is 24.5 Å². The van der Waals surface area contributed by atoms with E-state index in [0.717, 1.165) is 11.1 Å². The van der Waals surface area contributed by atoms with E-state index in [0.29, 0.717) is 54.6 Å². The Balaban J connectivity index is 1.47. The van der Waals surface area contributed by atoms with Crippen molar-refractivity contribution in [3.8, 4) is 16.9 Å². The minimum absolute atomic E-state index is 0.0236. The topological polar surface area (TPSA) is 111 Å². The highest BCUT2D eigenvalue weighted by molar-refractivity contribution is 5.77. The van der Waals surface area contributed by atoms with Crippen molar-refractivity contribution in [3.63, 3.8) is 0 Å². The number of aryl methyl sites for hydroxylation is 1. The highest BCUT2D eigenvalue weighted by Crippen LogP contribution is 2.32. The standard InChI is InChI=1S/C25H25F2N7O2/c1-15-23(22(28)18-4-2-3-5-19(18)36-24(26)27)34-14-16(6-7-20(34)32-15)17-12-30-25(31-13-17)33-10-8-21(35)29-9-11-33/h2-7,12-14,22,24H,8-11,28H2,1H3,(H,29,35). The zero-order chi connectivity index (χ0) is 25.2. The monoisotopic (exact) mass is 493 g/mol. The number of hydrogen-bond acceptors (Lipinski definition) is 7. The largest absolute Gasteiger partial charge is 0.434 e. The molecule has 1 fully saturated rings. The fraction of sp³-hybridized carbons (Fsp3) is 0.280. The molecule has 36 heavy (non-hydrogen) atoms. The van der Waals surface area contributed by atoms with Crippen LogP contribution in [0.1, 0.15) is 29.4 Å². The van der Waals surface area contributed by atoms with Gasteiger partial charge in [0.15, 0.2) is 0 Å². The number of nitrogens with two attached hydrogens (primary N) is 1. The Morgan fingerprint density at radius 2 is 1.86 bits per heavy atom. The van der Waals surface area contributed by atoms with Crippen molar-refractivity contribution in [1.82, 2.24) is 24.7 Å². The first kappa shape index (κ1) is 23.6. The van der Waals surface area contributed by atoms with E-state index in [-0.39, 0.29) is 11.7 Å². The first-order chi connectivity index (χ1) is 17.4. The number of anilines is 1.